The van der Waals surface area contributed by atoms with Gasteiger partial charge in [-0.15, -0.1) is 12.4 Å². The molecule has 1 aromatic carbocycles. The molecule has 122 valence electrons. The molecule has 1 amide bonds. The van der Waals surface area contributed by atoms with Gasteiger partial charge in [0, 0.05) is 28.9 Å². The molecule has 0 fully saturated rings. The number of carbonyl (C=O) groups is 1. The number of nitrogens with zero attached hydrogens (tertiary/aromatic N) is 2. The normalized spacial score (nSPS) is 16.3. The smallest absolute Gasteiger partial charge is 0.245 e. The van der Waals surface area contributed by atoms with E-state index >= 15 is 0 Å². The number of carbonyl (C=O) groups excluding carboxylic acids is 1. The maximum atomic E-state index is 12.2. The van der Waals surface area contributed by atoms with Gasteiger partial charge in [0.2, 0.25) is 5.91 Å². The molecule has 2 heterocycles. The van der Waals surface area contributed by atoms with Crippen LogP contribution in [0.4, 0.5) is 11.5 Å². The van der Waals surface area contributed by atoms with E-state index < -0.39 is 0 Å². The Hall–Kier alpha value is -1.63. The van der Waals surface area contributed by atoms with Crippen LogP contribution in [0.15, 0.2) is 47.1 Å². The summed E-state index contributed by atoms with van der Waals surface area (Å²) in [7, 11) is 0. The second kappa shape index (κ2) is 7.77. The second-order valence-electron chi connectivity index (χ2n) is 5.38. The molecule has 0 bridgehead atoms. The number of halogens is 2. The quantitative estimate of drug-likeness (QED) is 0.835. The van der Waals surface area contributed by atoms with Gasteiger partial charge in [0.15, 0.2) is 0 Å². The van der Waals surface area contributed by atoms with Crippen molar-refractivity contribution in [2.75, 3.05) is 23.3 Å². The van der Waals surface area contributed by atoms with E-state index in [0.717, 1.165) is 16.6 Å². The molecule has 23 heavy (non-hydrogen) atoms. The fourth-order valence-electron chi connectivity index (χ4n) is 2.68. The minimum absolute atomic E-state index is 0. The number of nitrogens with one attached hydrogen (secondary N) is 1. The van der Waals surface area contributed by atoms with Crippen LogP contribution in [0.3, 0.4) is 0 Å². The topological polar surface area (TPSA) is 71.2 Å². The Bertz CT molecular complexity index is 680. The predicted octanol–water partition coefficient (Wildman–Crippen LogP) is 2.59. The Morgan fingerprint density at radius 1 is 1.35 bits per heavy atom. The lowest BCUT2D eigenvalue weighted by Gasteiger charge is -2.34. The van der Waals surface area contributed by atoms with Crippen molar-refractivity contribution in [3.63, 3.8) is 0 Å². The van der Waals surface area contributed by atoms with Crippen molar-refractivity contribution in [2.45, 2.75) is 12.5 Å². The van der Waals surface area contributed by atoms with Crippen molar-refractivity contribution in [3.05, 3.63) is 52.6 Å². The third-order valence-electron chi connectivity index (χ3n) is 3.60. The molecular weight excluding hydrogens is 380 g/mol. The number of hydrogen-bond acceptors (Lipinski definition) is 4. The number of aromatic nitrogens is 1. The van der Waals surface area contributed by atoms with Gasteiger partial charge >= 0.3 is 0 Å². The van der Waals surface area contributed by atoms with Crippen LogP contribution in [0.2, 0.25) is 0 Å². The molecule has 2 aromatic rings. The minimum atomic E-state index is -0.0984. The summed E-state index contributed by atoms with van der Waals surface area (Å²) in [6.07, 6.45) is 2.50. The summed E-state index contributed by atoms with van der Waals surface area (Å²) in [6.45, 7) is 0.945. The molecule has 5 nitrogen and oxygen atoms in total. The summed E-state index contributed by atoms with van der Waals surface area (Å²) in [6, 6.07) is 11.7. The Labute approximate surface area is 149 Å². The highest BCUT2D eigenvalue weighted by atomic mass is 79.9. The molecule has 1 aliphatic rings. The summed E-state index contributed by atoms with van der Waals surface area (Å²) in [5.41, 5.74) is 8.37. The van der Waals surface area contributed by atoms with E-state index in [2.05, 4.69) is 32.3 Å². The van der Waals surface area contributed by atoms with E-state index in [1.54, 1.807) is 12.3 Å². The van der Waals surface area contributed by atoms with Gasteiger partial charge < -0.3 is 16.0 Å². The number of hydrogen-bond donors (Lipinski definition) is 2. The van der Waals surface area contributed by atoms with Crippen LogP contribution in [0.25, 0.3) is 0 Å². The molecule has 3 N–H and O–H groups in total. The van der Waals surface area contributed by atoms with Crippen LogP contribution in [-0.4, -0.2) is 30.0 Å². The second-order valence-corrected chi connectivity index (χ2v) is 6.30. The summed E-state index contributed by atoms with van der Waals surface area (Å²) >= 11 is 3.32. The third kappa shape index (κ3) is 4.43. The average Bonchev–Trinajstić information content (AvgIpc) is 2.49. The number of rotatable bonds is 3. The van der Waals surface area contributed by atoms with E-state index in [9.17, 15) is 4.79 Å². The van der Waals surface area contributed by atoms with Gasteiger partial charge in [0.1, 0.15) is 5.82 Å². The molecule has 0 saturated carbocycles. The standard InChI is InChI=1S/C16H17BrN4O.ClH/c17-12-5-6-15(19-8-12)20-16(22)10-21-9-13(18)7-11-3-1-2-4-14(11)21;/h1-6,8,13H,7,9-10,18H2,(H,19,20,22);1H. The number of fused-ring (bicyclic) bond motifs is 1. The van der Waals surface area contributed by atoms with Crippen LogP contribution >= 0.6 is 28.3 Å². The van der Waals surface area contributed by atoms with Gasteiger partial charge in [-0.1, -0.05) is 18.2 Å². The van der Waals surface area contributed by atoms with Crippen molar-refractivity contribution < 1.29 is 4.79 Å². The summed E-state index contributed by atoms with van der Waals surface area (Å²) in [5.74, 6) is 0.446. The van der Waals surface area contributed by atoms with E-state index in [0.29, 0.717) is 12.4 Å². The molecule has 7 heteroatoms. The number of anilines is 2. The fraction of sp³-hybridized carbons (Fsp3) is 0.250. The predicted molar refractivity (Wildman–Crippen MR) is 98.1 cm³/mol. The number of amides is 1. The molecule has 0 aliphatic carbocycles. The van der Waals surface area contributed by atoms with Crippen molar-refractivity contribution in [1.82, 2.24) is 4.98 Å². The Kier molecular flexibility index (Phi) is 5.98. The van der Waals surface area contributed by atoms with E-state index in [-0.39, 0.29) is 30.9 Å². The Balaban J connectivity index is 0.00000192. The zero-order valence-electron chi connectivity index (χ0n) is 12.4. The SMILES string of the molecule is Cl.NC1Cc2ccccc2N(CC(=O)Nc2ccc(Br)cn2)C1. The molecule has 0 radical (unpaired) electrons. The molecule has 1 atom stereocenters. The molecule has 0 saturated heterocycles. The van der Waals surface area contributed by atoms with Crippen LogP contribution in [0.1, 0.15) is 5.56 Å². The third-order valence-corrected chi connectivity index (χ3v) is 4.07. The lowest BCUT2D eigenvalue weighted by molar-refractivity contribution is -0.115. The van der Waals surface area contributed by atoms with Crippen LogP contribution in [0, 0.1) is 0 Å². The lowest BCUT2D eigenvalue weighted by atomic mass is 9.98. The Morgan fingerprint density at radius 3 is 2.87 bits per heavy atom. The minimum Gasteiger partial charge on any atom is -0.360 e. The van der Waals surface area contributed by atoms with Gasteiger partial charge in [0.25, 0.3) is 0 Å². The maximum Gasteiger partial charge on any atom is 0.245 e. The average molecular weight is 398 g/mol. The summed E-state index contributed by atoms with van der Waals surface area (Å²) in [4.78, 5) is 18.4. The number of nitrogens with two attached hydrogens (primary N) is 1. The van der Waals surface area contributed by atoms with E-state index in [1.165, 1.54) is 5.56 Å². The van der Waals surface area contributed by atoms with Crippen molar-refractivity contribution >= 4 is 45.7 Å². The monoisotopic (exact) mass is 396 g/mol. The number of para-hydroxylation sites is 1. The van der Waals surface area contributed by atoms with Gasteiger partial charge in [-0.05, 0) is 46.1 Å². The van der Waals surface area contributed by atoms with Gasteiger partial charge in [-0.25, -0.2) is 4.98 Å². The molecule has 1 aliphatic heterocycles. The Morgan fingerprint density at radius 2 is 2.13 bits per heavy atom. The number of pyridine rings is 1. The van der Waals surface area contributed by atoms with Gasteiger partial charge in [-0.3, -0.25) is 4.79 Å². The lowest BCUT2D eigenvalue weighted by Crippen LogP contribution is -2.46. The zero-order valence-corrected chi connectivity index (χ0v) is 14.8. The van der Waals surface area contributed by atoms with E-state index in [1.807, 2.05) is 29.2 Å². The highest BCUT2D eigenvalue weighted by Crippen LogP contribution is 2.26. The first-order valence-electron chi connectivity index (χ1n) is 7.11. The van der Waals surface area contributed by atoms with Crippen molar-refractivity contribution in [2.24, 2.45) is 5.73 Å². The first-order chi connectivity index (χ1) is 10.6. The van der Waals surface area contributed by atoms with E-state index in [4.69, 9.17) is 5.73 Å². The molecule has 1 aromatic heterocycles. The zero-order chi connectivity index (χ0) is 15.5. The van der Waals surface area contributed by atoms with Crippen LogP contribution < -0.4 is 16.0 Å². The van der Waals surface area contributed by atoms with Gasteiger partial charge in [0.05, 0.1) is 6.54 Å². The highest BCUT2D eigenvalue weighted by molar-refractivity contribution is 9.10. The number of benzene rings is 1. The summed E-state index contributed by atoms with van der Waals surface area (Å²) < 4.78 is 0.876. The summed E-state index contributed by atoms with van der Waals surface area (Å²) in [5, 5.41) is 2.81. The van der Waals surface area contributed by atoms with Crippen LogP contribution in [0.5, 0.6) is 0 Å². The first kappa shape index (κ1) is 17.7. The van der Waals surface area contributed by atoms with Crippen LogP contribution in [-0.2, 0) is 11.2 Å². The maximum absolute atomic E-state index is 12.2. The van der Waals surface area contributed by atoms with Gasteiger partial charge in [-0.2, -0.15) is 0 Å². The fourth-order valence-corrected chi connectivity index (χ4v) is 2.91. The molecule has 3 rings (SSSR count). The largest absolute Gasteiger partial charge is 0.360 e. The molecule has 0 spiro atoms. The van der Waals surface area contributed by atoms with Crippen molar-refractivity contribution in [1.29, 1.82) is 0 Å². The van der Waals surface area contributed by atoms with Crippen molar-refractivity contribution in [3.8, 4) is 0 Å². The highest BCUT2D eigenvalue weighted by Gasteiger charge is 2.23. The first-order valence-corrected chi connectivity index (χ1v) is 7.91. The molecular formula is C16H18BrClN4O. The molecule has 1 unspecified atom stereocenters.